The number of H-pyrrole nitrogens is 1. The molecule has 0 saturated heterocycles. The van der Waals surface area contributed by atoms with Gasteiger partial charge in [0.05, 0.1) is 9.26 Å². The van der Waals surface area contributed by atoms with Crippen molar-refractivity contribution < 1.29 is 17.9 Å². The zero-order chi connectivity index (χ0) is 10.9. The number of alkyl halides is 3. The van der Waals surface area contributed by atoms with Gasteiger partial charge in [-0.15, -0.1) is 13.2 Å². The Morgan fingerprint density at radius 1 is 1.50 bits per heavy atom. The Labute approximate surface area is 89.4 Å². The molecule has 0 aromatic carbocycles. The van der Waals surface area contributed by atoms with Crippen LogP contribution in [0, 0.1) is 3.57 Å². The van der Waals surface area contributed by atoms with E-state index in [0.29, 0.717) is 0 Å². The van der Waals surface area contributed by atoms with E-state index in [1.165, 1.54) is 6.20 Å². The Bertz CT molecular complexity index is 401. The predicted octanol–water partition coefficient (Wildman–Crippen LogP) is 1.46. The third-order valence-corrected chi connectivity index (χ3v) is 2.15. The van der Waals surface area contributed by atoms with Crippen LogP contribution in [0.5, 0.6) is 5.75 Å². The summed E-state index contributed by atoms with van der Waals surface area (Å²) in [6.45, 7) is 0. The van der Waals surface area contributed by atoms with Gasteiger partial charge in [0.25, 0.3) is 5.56 Å². The molecule has 0 aliphatic heterocycles. The van der Waals surface area contributed by atoms with Crippen molar-refractivity contribution in [3.63, 3.8) is 0 Å². The van der Waals surface area contributed by atoms with Gasteiger partial charge in [-0.25, -0.2) is 0 Å². The van der Waals surface area contributed by atoms with Crippen LogP contribution in [0.2, 0.25) is 0 Å². The summed E-state index contributed by atoms with van der Waals surface area (Å²) in [5.41, 5.74) is 3.90. The number of aromatic nitrogens is 1. The minimum absolute atomic E-state index is 0.279. The van der Waals surface area contributed by atoms with Gasteiger partial charge in [-0.1, -0.05) is 0 Å². The maximum atomic E-state index is 11.8. The molecule has 4 nitrogen and oxygen atoms in total. The molecule has 0 amide bonds. The Kier molecular flexibility index (Phi) is 2.92. The highest BCUT2D eigenvalue weighted by Gasteiger charge is 2.33. The Balaban J connectivity index is 3.20. The molecule has 0 bridgehead atoms. The molecule has 14 heavy (non-hydrogen) atoms. The largest absolute Gasteiger partial charge is 0.573 e. The molecule has 0 aliphatic rings. The number of hydrogen-bond acceptors (Lipinski definition) is 3. The predicted molar refractivity (Wildman–Crippen MR) is 50.9 cm³/mol. The van der Waals surface area contributed by atoms with Crippen molar-refractivity contribution in [2.75, 3.05) is 5.73 Å². The van der Waals surface area contributed by atoms with E-state index in [0.717, 1.165) is 0 Å². The summed E-state index contributed by atoms with van der Waals surface area (Å²) >= 11 is 1.68. The van der Waals surface area contributed by atoms with Crippen molar-refractivity contribution in [1.29, 1.82) is 0 Å². The quantitative estimate of drug-likeness (QED) is 0.770. The number of ether oxygens (including phenoxy) is 1. The second-order valence-electron chi connectivity index (χ2n) is 2.26. The van der Waals surface area contributed by atoms with E-state index in [1.807, 2.05) is 0 Å². The van der Waals surface area contributed by atoms with E-state index in [-0.39, 0.29) is 9.26 Å². The number of nitrogens with two attached hydrogens (primary N) is 1. The molecule has 0 aliphatic carbocycles. The van der Waals surface area contributed by atoms with Gasteiger partial charge in [0, 0.05) is 6.20 Å². The lowest BCUT2D eigenvalue weighted by atomic mass is 10.4. The number of aromatic amines is 1. The smallest absolute Gasteiger partial charge is 0.398 e. The molecule has 0 fully saturated rings. The molecule has 78 valence electrons. The fourth-order valence-corrected chi connectivity index (χ4v) is 1.12. The fourth-order valence-electron chi connectivity index (χ4n) is 0.720. The van der Waals surface area contributed by atoms with Crippen molar-refractivity contribution in [2.24, 2.45) is 0 Å². The van der Waals surface area contributed by atoms with Crippen LogP contribution in [0.25, 0.3) is 0 Å². The molecule has 3 N–H and O–H groups in total. The van der Waals surface area contributed by atoms with E-state index < -0.39 is 17.7 Å². The standard InChI is InChI=1S/C6H4F3IN2O2/c7-6(8,9)14-4-3(11)2(10)1-12-5(4)13/h1H,(H3,11,12,13). The number of nitrogen functional groups attached to an aromatic ring is 1. The van der Waals surface area contributed by atoms with E-state index in [9.17, 15) is 18.0 Å². The number of anilines is 1. The van der Waals surface area contributed by atoms with Crippen molar-refractivity contribution in [1.82, 2.24) is 4.98 Å². The Morgan fingerprint density at radius 2 is 2.07 bits per heavy atom. The first-order valence-corrected chi connectivity index (χ1v) is 4.31. The number of rotatable bonds is 1. The summed E-state index contributed by atoms with van der Waals surface area (Å²) in [5.74, 6) is -0.926. The van der Waals surface area contributed by atoms with E-state index >= 15 is 0 Å². The number of pyridine rings is 1. The summed E-state index contributed by atoms with van der Waals surface area (Å²) < 4.78 is 39.1. The summed E-state index contributed by atoms with van der Waals surface area (Å²) in [7, 11) is 0. The first-order valence-electron chi connectivity index (χ1n) is 3.23. The van der Waals surface area contributed by atoms with Gasteiger partial charge in [0.2, 0.25) is 5.75 Å². The van der Waals surface area contributed by atoms with Gasteiger partial charge >= 0.3 is 6.36 Å². The summed E-state index contributed by atoms with van der Waals surface area (Å²) in [6, 6.07) is 0. The minimum atomic E-state index is -4.93. The molecule has 0 saturated carbocycles. The van der Waals surface area contributed by atoms with E-state index in [1.54, 1.807) is 22.6 Å². The van der Waals surface area contributed by atoms with Crippen molar-refractivity contribution in [2.45, 2.75) is 6.36 Å². The van der Waals surface area contributed by atoms with Crippen LogP contribution in [-0.2, 0) is 0 Å². The normalized spacial score (nSPS) is 11.4. The average molecular weight is 320 g/mol. The molecular formula is C6H4F3IN2O2. The average Bonchev–Trinajstić information content (AvgIpc) is 2.04. The lowest BCUT2D eigenvalue weighted by molar-refractivity contribution is -0.274. The number of hydrogen-bond donors (Lipinski definition) is 2. The Hall–Kier alpha value is -0.930. The van der Waals surface area contributed by atoms with E-state index in [2.05, 4.69) is 9.72 Å². The molecule has 1 heterocycles. The lowest BCUT2D eigenvalue weighted by Crippen LogP contribution is -2.24. The third kappa shape index (κ3) is 2.53. The van der Waals surface area contributed by atoms with Crippen molar-refractivity contribution in [3.05, 3.63) is 20.1 Å². The number of halogens is 4. The van der Waals surface area contributed by atoms with Crippen LogP contribution >= 0.6 is 22.6 Å². The first kappa shape index (κ1) is 11.1. The van der Waals surface area contributed by atoms with Crippen LogP contribution < -0.4 is 16.0 Å². The molecule has 1 aromatic rings. The monoisotopic (exact) mass is 320 g/mol. The summed E-state index contributed by atoms with van der Waals surface area (Å²) in [6.07, 6.45) is -3.73. The molecular weight excluding hydrogens is 316 g/mol. The van der Waals surface area contributed by atoms with Gasteiger partial charge in [0.1, 0.15) is 0 Å². The van der Waals surface area contributed by atoms with Crippen LogP contribution in [0.15, 0.2) is 11.0 Å². The minimum Gasteiger partial charge on any atom is -0.398 e. The van der Waals surface area contributed by atoms with Crippen molar-refractivity contribution in [3.8, 4) is 5.75 Å². The van der Waals surface area contributed by atoms with Crippen LogP contribution in [0.1, 0.15) is 0 Å². The number of nitrogens with one attached hydrogen (secondary N) is 1. The van der Waals surface area contributed by atoms with Crippen LogP contribution in [-0.4, -0.2) is 11.3 Å². The van der Waals surface area contributed by atoms with Crippen molar-refractivity contribution >= 4 is 28.3 Å². The van der Waals surface area contributed by atoms with Gasteiger partial charge in [0.15, 0.2) is 0 Å². The molecule has 0 unspecified atom stereocenters. The highest BCUT2D eigenvalue weighted by atomic mass is 127. The second-order valence-corrected chi connectivity index (χ2v) is 3.42. The van der Waals surface area contributed by atoms with Crippen LogP contribution in [0.3, 0.4) is 0 Å². The topological polar surface area (TPSA) is 68.1 Å². The SMILES string of the molecule is Nc1c(I)c[nH]c(=O)c1OC(F)(F)F. The highest BCUT2D eigenvalue weighted by Crippen LogP contribution is 2.27. The third-order valence-electron chi connectivity index (χ3n) is 1.26. The molecule has 0 atom stereocenters. The van der Waals surface area contributed by atoms with E-state index in [4.69, 9.17) is 5.73 Å². The van der Waals surface area contributed by atoms with Crippen LogP contribution in [0.4, 0.5) is 18.9 Å². The Morgan fingerprint density at radius 3 is 2.57 bits per heavy atom. The first-order chi connectivity index (χ1) is 6.31. The molecule has 0 radical (unpaired) electrons. The van der Waals surface area contributed by atoms with Gasteiger partial charge in [-0.05, 0) is 22.6 Å². The lowest BCUT2D eigenvalue weighted by Gasteiger charge is -2.10. The van der Waals surface area contributed by atoms with Gasteiger partial charge in [-0.3, -0.25) is 4.79 Å². The molecule has 0 spiro atoms. The summed E-state index contributed by atoms with van der Waals surface area (Å²) in [4.78, 5) is 13.0. The zero-order valence-electron chi connectivity index (χ0n) is 6.48. The summed E-state index contributed by atoms with van der Waals surface area (Å²) in [5, 5.41) is 0. The second kappa shape index (κ2) is 3.67. The zero-order valence-corrected chi connectivity index (χ0v) is 8.64. The molecule has 8 heteroatoms. The van der Waals surface area contributed by atoms with Gasteiger partial charge in [-0.2, -0.15) is 0 Å². The molecule has 1 aromatic heterocycles. The highest BCUT2D eigenvalue weighted by molar-refractivity contribution is 14.1. The molecule has 1 rings (SSSR count). The fraction of sp³-hybridized carbons (Fsp3) is 0.167. The van der Waals surface area contributed by atoms with Gasteiger partial charge < -0.3 is 15.5 Å². The maximum Gasteiger partial charge on any atom is 0.573 e. The maximum absolute atomic E-state index is 11.8.